The number of benzene rings is 1. The third-order valence-corrected chi connectivity index (χ3v) is 5.35. The molecule has 4 nitrogen and oxygen atoms in total. The summed E-state index contributed by atoms with van der Waals surface area (Å²) < 4.78 is 5.52. The fourth-order valence-electron chi connectivity index (χ4n) is 3.76. The van der Waals surface area contributed by atoms with Crippen molar-refractivity contribution < 1.29 is 14.4 Å². The Hall–Kier alpha value is -1.81. The zero-order valence-electron chi connectivity index (χ0n) is 11.5. The smallest absolute Gasteiger partial charge is 0.310 e. The third kappa shape index (κ3) is 1.62. The number of rotatable bonds is 2. The van der Waals surface area contributed by atoms with Gasteiger partial charge in [0.25, 0.3) is 0 Å². The predicted molar refractivity (Wildman–Crippen MR) is 77.2 cm³/mol. The highest BCUT2D eigenvalue weighted by molar-refractivity contribution is 6.30. The molecule has 0 saturated heterocycles. The van der Waals surface area contributed by atoms with Gasteiger partial charge in [0.1, 0.15) is 11.5 Å². The molecule has 0 spiro atoms. The van der Waals surface area contributed by atoms with E-state index in [1.165, 1.54) is 0 Å². The first-order valence-electron chi connectivity index (χ1n) is 7.01. The Bertz CT molecular complexity index is 736. The first-order valence-corrected chi connectivity index (χ1v) is 7.39. The number of aliphatic carboxylic acids is 1. The summed E-state index contributed by atoms with van der Waals surface area (Å²) in [5, 5.41) is 14.3. The number of aromatic nitrogens is 1. The van der Waals surface area contributed by atoms with E-state index >= 15 is 0 Å². The van der Waals surface area contributed by atoms with Gasteiger partial charge in [-0.15, -0.1) is 0 Å². The van der Waals surface area contributed by atoms with Gasteiger partial charge in [-0.25, -0.2) is 0 Å². The number of hydrogen-bond acceptors (Lipinski definition) is 3. The second kappa shape index (κ2) is 4.10. The zero-order chi connectivity index (χ0) is 14.8. The molecule has 0 radical (unpaired) electrons. The number of fused-ring (bicyclic) bond motifs is 3. The molecule has 1 N–H and O–H groups in total. The van der Waals surface area contributed by atoms with Crippen LogP contribution >= 0.6 is 11.6 Å². The average Bonchev–Trinajstić information content (AvgIpc) is 2.90. The second-order valence-corrected chi connectivity index (χ2v) is 6.53. The molecule has 3 unspecified atom stereocenters. The number of hydrogen-bond donors (Lipinski definition) is 1. The number of carbonyl (C=O) groups is 1. The van der Waals surface area contributed by atoms with Crippen LogP contribution in [-0.2, 0) is 11.2 Å². The summed E-state index contributed by atoms with van der Waals surface area (Å²) in [5.41, 5.74) is 2.14. The van der Waals surface area contributed by atoms with Gasteiger partial charge in [-0.3, -0.25) is 4.79 Å². The Morgan fingerprint density at radius 1 is 1.43 bits per heavy atom. The Balaban J connectivity index is 1.77. The van der Waals surface area contributed by atoms with Crippen molar-refractivity contribution in [3.63, 3.8) is 0 Å². The lowest BCUT2D eigenvalue weighted by molar-refractivity contribution is -0.143. The van der Waals surface area contributed by atoms with Gasteiger partial charge in [0.05, 0.1) is 5.41 Å². The van der Waals surface area contributed by atoms with Gasteiger partial charge < -0.3 is 9.63 Å². The Morgan fingerprint density at radius 2 is 2.14 bits per heavy atom. The highest BCUT2D eigenvalue weighted by Crippen LogP contribution is 2.69. The number of nitrogens with zero attached hydrogens (tertiary/aromatic N) is 1. The number of halogens is 1. The fourth-order valence-corrected chi connectivity index (χ4v) is 3.88. The van der Waals surface area contributed by atoms with Crippen molar-refractivity contribution >= 4 is 17.6 Å². The Kier molecular flexibility index (Phi) is 2.52. The maximum atomic E-state index is 11.5. The van der Waals surface area contributed by atoms with E-state index < -0.39 is 11.4 Å². The molecule has 5 heteroatoms. The van der Waals surface area contributed by atoms with Crippen molar-refractivity contribution in [2.24, 2.45) is 11.3 Å². The molecule has 1 fully saturated rings. The van der Waals surface area contributed by atoms with Crippen LogP contribution in [0.2, 0.25) is 5.02 Å². The van der Waals surface area contributed by atoms with Gasteiger partial charge in [-0.05, 0) is 37.8 Å². The monoisotopic (exact) mass is 303 g/mol. The summed E-state index contributed by atoms with van der Waals surface area (Å²) in [7, 11) is 0. The van der Waals surface area contributed by atoms with Crippen molar-refractivity contribution in [1.29, 1.82) is 0 Å². The second-order valence-electron chi connectivity index (χ2n) is 6.09. The van der Waals surface area contributed by atoms with Crippen molar-refractivity contribution in [1.82, 2.24) is 5.16 Å². The minimum Gasteiger partial charge on any atom is -0.481 e. The molecule has 21 heavy (non-hydrogen) atoms. The molecule has 1 heterocycles. The highest BCUT2D eigenvalue weighted by Gasteiger charge is 2.70. The molecule has 3 atom stereocenters. The summed E-state index contributed by atoms with van der Waals surface area (Å²) in [6.45, 7) is 1.81. The van der Waals surface area contributed by atoms with Crippen LogP contribution in [0.3, 0.4) is 0 Å². The van der Waals surface area contributed by atoms with Crippen molar-refractivity contribution in [2.45, 2.75) is 25.7 Å². The molecule has 2 aliphatic carbocycles. The van der Waals surface area contributed by atoms with Gasteiger partial charge >= 0.3 is 5.97 Å². The van der Waals surface area contributed by atoms with Gasteiger partial charge in [0.15, 0.2) is 0 Å². The maximum Gasteiger partial charge on any atom is 0.310 e. The molecule has 0 aliphatic heterocycles. The van der Waals surface area contributed by atoms with E-state index in [9.17, 15) is 9.90 Å². The van der Waals surface area contributed by atoms with Gasteiger partial charge in [0, 0.05) is 22.1 Å². The molecular formula is C16H14ClNO3. The summed E-state index contributed by atoms with van der Waals surface area (Å²) >= 11 is 5.91. The molecule has 0 bridgehead atoms. The lowest BCUT2D eigenvalue weighted by atomic mass is 9.94. The van der Waals surface area contributed by atoms with Gasteiger partial charge in [-0.1, -0.05) is 28.9 Å². The van der Waals surface area contributed by atoms with Gasteiger partial charge in [-0.2, -0.15) is 0 Å². The molecule has 4 rings (SSSR count). The predicted octanol–water partition coefficient (Wildman–Crippen LogP) is 3.75. The molecule has 2 aliphatic rings. The molecule has 2 aromatic rings. The first kappa shape index (κ1) is 12.9. The maximum absolute atomic E-state index is 11.5. The zero-order valence-corrected chi connectivity index (χ0v) is 12.2. The van der Waals surface area contributed by atoms with Crippen molar-refractivity contribution in [3.05, 3.63) is 40.6 Å². The van der Waals surface area contributed by atoms with E-state index in [0.717, 1.165) is 35.4 Å². The van der Waals surface area contributed by atoms with Crippen molar-refractivity contribution in [2.75, 3.05) is 0 Å². The van der Waals surface area contributed by atoms with E-state index in [1.54, 1.807) is 0 Å². The van der Waals surface area contributed by atoms with Crippen LogP contribution in [0.15, 0.2) is 28.8 Å². The minimum atomic E-state index is -0.741. The molecule has 0 amide bonds. The Labute approximate surface area is 126 Å². The molecule has 108 valence electrons. The molecule has 1 aromatic carbocycles. The third-order valence-electron chi connectivity index (χ3n) is 5.09. The van der Waals surface area contributed by atoms with Crippen LogP contribution in [0, 0.1) is 11.3 Å². The minimum absolute atomic E-state index is 0.0349. The van der Waals surface area contributed by atoms with E-state index in [-0.39, 0.29) is 11.8 Å². The lowest BCUT2D eigenvalue weighted by Gasteiger charge is -2.08. The van der Waals surface area contributed by atoms with E-state index in [4.69, 9.17) is 16.1 Å². The molecule has 1 saturated carbocycles. The standard InChI is InChI=1S/C16H14ClNO3/c1-16(15(19)20)11-7-6-10-13(18-21-14(10)12(11)16)8-2-4-9(17)5-3-8/h2-5,11-12H,6-7H2,1H3,(H,19,20). The quantitative estimate of drug-likeness (QED) is 0.918. The van der Waals surface area contributed by atoms with Crippen LogP contribution in [0.4, 0.5) is 0 Å². The first-order chi connectivity index (χ1) is 10.0. The van der Waals surface area contributed by atoms with E-state index in [2.05, 4.69) is 5.16 Å². The number of carboxylic acids is 1. The van der Waals surface area contributed by atoms with E-state index in [0.29, 0.717) is 5.02 Å². The molecular weight excluding hydrogens is 290 g/mol. The van der Waals surface area contributed by atoms with Crippen LogP contribution in [-0.4, -0.2) is 16.2 Å². The average molecular weight is 304 g/mol. The topological polar surface area (TPSA) is 63.3 Å². The van der Waals surface area contributed by atoms with Gasteiger partial charge in [0.2, 0.25) is 0 Å². The van der Waals surface area contributed by atoms with Crippen LogP contribution in [0.1, 0.15) is 30.6 Å². The van der Waals surface area contributed by atoms with E-state index in [1.807, 2.05) is 31.2 Å². The molecule has 1 aromatic heterocycles. The summed E-state index contributed by atoms with van der Waals surface area (Å²) in [6.07, 6.45) is 1.70. The van der Waals surface area contributed by atoms with Crippen LogP contribution in [0.5, 0.6) is 0 Å². The van der Waals surface area contributed by atoms with Crippen LogP contribution in [0.25, 0.3) is 11.3 Å². The fraction of sp³-hybridized carbons (Fsp3) is 0.375. The summed E-state index contributed by atoms with van der Waals surface area (Å²) in [4.78, 5) is 11.5. The van der Waals surface area contributed by atoms with Crippen molar-refractivity contribution in [3.8, 4) is 11.3 Å². The van der Waals surface area contributed by atoms with Crippen LogP contribution < -0.4 is 0 Å². The normalized spacial score (nSPS) is 29.6. The highest BCUT2D eigenvalue weighted by atomic mass is 35.5. The lowest BCUT2D eigenvalue weighted by Crippen LogP contribution is -2.13. The largest absolute Gasteiger partial charge is 0.481 e. The number of carboxylic acid groups (broad SMARTS) is 1. The SMILES string of the molecule is CC1(C(=O)O)C2CCc3c(-c4ccc(Cl)cc4)noc3C21. The Morgan fingerprint density at radius 3 is 2.81 bits per heavy atom. The summed E-state index contributed by atoms with van der Waals surface area (Å²) in [6, 6.07) is 7.47. The summed E-state index contributed by atoms with van der Waals surface area (Å²) in [5.74, 6) is 0.164.